The molecule has 0 fully saturated rings. The van der Waals surface area contributed by atoms with Crippen molar-refractivity contribution in [3.05, 3.63) is 60.3 Å². The van der Waals surface area contributed by atoms with Gasteiger partial charge < -0.3 is 10.7 Å². The van der Waals surface area contributed by atoms with Crippen LogP contribution in [-0.4, -0.2) is 20.5 Å². The third kappa shape index (κ3) is 1.69. The second-order valence-electron chi connectivity index (χ2n) is 5.60. The molecule has 23 heavy (non-hydrogen) atoms. The Labute approximate surface area is 131 Å². The number of hydrogen-bond acceptors (Lipinski definition) is 4. The summed E-state index contributed by atoms with van der Waals surface area (Å²) in [4.78, 5) is 12.6. The van der Waals surface area contributed by atoms with Gasteiger partial charge in [-0.1, -0.05) is 30.3 Å². The number of rotatable bonds is 1. The molecule has 0 amide bonds. The number of aromatic nitrogens is 3. The number of benzene rings is 2. The van der Waals surface area contributed by atoms with Gasteiger partial charge in [-0.05, 0) is 18.2 Å². The monoisotopic (exact) mass is 302 g/mol. The molecule has 6 nitrogen and oxygen atoms in total. The highest BCUT2D eigenvalue weighted by Gasteiger charge is 2.26. The van der Waals surface area contributed by atoms with Gasteiger partial charge in [0.25, 0.3) is 0 Å². The summed E-state index contributed by atoms with van der Waals surface area (Å²) in [6.07, 6.45) is 1.76. The molecule has 2 aromatic heterocycles. The van der Waals surface area contributed by atoms with E-state index in [2.05, 4.69) is 37.0 Å². The first-order valence-electron chi connectivity index (χ1n) is 7.44. The first kappa shape index (κ1) is 12.3. The van der Waals surface area contributed by atoms with E-state index in [4.69, 9.17) is 5.73 Å². The van der Waals surface area contributed by atoms with Gasteiger partial charge in [-0.25, -0.2) is 9.98 Å². The summed E-state index contributed by atoms with van der Waals surface area (Å²) in [5, 5.41) is 4.20. The minimum absolute atomic E-state index is 0.241. The lowest BCUT2D eigenvalue weighted by Crippen LogP contribution is -2.31. The van der Waals surface area contributed by atoms with Crippen LogP contribution in [-0.2, 0) is 0 Å². The first-order valence-corrected chi connectivity index (χ1v) is 7.44. The fourth-order valence-corrected chi connectivity index (χ4v) is 3.23. The van der Waals surface area contributed by atoms with Crippen molar-refractivity contribution in [2.45, 2.75) is 6.17 Å². The second kappa shape index (κ2) is 4.36. The highest BCUT2D eigenvalue weighted by atomic mass is 15.4. The van der Waals surface area contributed by atoms with Gasteiger partial charge in [0.1, 0.15) is 0 Å². The largest absolute Gasteiger partial charge is 0.370 e. The molecular weight excluding hydrogens is 288 g/mol. The molecule has 0 spiro atoms. The number of nitrogens with two attached hydrogens (primary N) is 1. The zero-order valence-corrected chi connectivity index (χ0v) is 12.2. The molecule has 0 saturated carbocycles. The molecule has 6 heteroatoms. The number of anilines is 1. The zero-order valence-electron chi connectivity index (χ0n) is 12.2. The van der Waals surface area contributed by atoms with Crippen LogP contribution >= 0.6 is 0 Å². The molecule has 3 heterocycles. The van der Waals surface area contributed by atoms with E-state index in [1.165, 1.54) is 0 Å². The Balaban J connectivity index is 1.81. The van der Waals surface area contributed by atoms with Crippen molar-refractivity contribution >= 4 is 33.8 Å². The van der Waals surface area contributed by atoms with Crippen molar-refractivity contribution in [2.24, 2.45) is 10.7 Å². The number of para-hydroxylation sites is 3. The molecule has 0 bridgehead atoms. The average Bonchev–Trinajstić information content (AvgIpc) is 3.15. The second-order valence-corrected chi connectivity index (χ2v) is 5.60. The van der Waals surface area contributed by atoms with Gasteiger partial charge in [0.05, 0.1) is 11.0 Å². The highest BCUT2D eigenvalue weighted by Crippen LogP contribution is 2.35. The maximum absolute atomic E-state index is 5.99. The van der Waals surface area contributed by atoms with Crippen molar-refractivity contribution in [3.8, 4) is 0 Å². The van der Waals surface area contributed by atoms with Crippen LogP contribution in [0, 0.1) is 0 Å². The van der Waals surface area contributed by atoms with Crippen LogP contribution in [0.15, 0.2) is 59.7 Å². The Morgan fingerprint density at radius 1 is 1.04 bits per heavy atom. The van der Waals surface area contributed by atoms with Crippen LogP contribution in [0.3, 0.4) is 0 Å². The number of fused-ring (bicyclic) bond motifs is 4. The van der Waals surface area contributed by atoms with E-state index >= 15 is 0 Å². The van der Waals surface area contributed by atoms with Gasteiger partial charge in [-0.3, -0.25) is 9.88 Å². The molecular formula is C17H14N6. The number of H-pyrrole nitrogens is 1. The van der Waals surface area contributed by atoms with E-state index in [1.54, 1.807) is 0 Å². The Hall–Kier alpha value is -3.28. The molecule has 4 aromatic rings. The third-order valence-electron chi connectivity index (χ3n) is 4.24. The lowest BCUT2D eigenvalue weighted by Gasteiger charge is -2.23. The molecule has 1 aliphatic rings. The number of nitrogens with one attached hydrogen (secondary N) is 2. The number of hydrogen-bond donors (Lipinski definition) is 3. The van der Waals surface area contributed by atoms with Gasteiger partial charge in [-0.2, -0.15) is 0 Å². The average molecular weight is 302 g/mol. The smallest absolute Gasteiger partial charge is 0.212 e. The molecule has 1 aliphatic heterocycles. The predicted molar refractivity (Wildman–Crippen MR) is 91.4 cm³/mol. The van der Waals surface area contributed by atoms with Gasteiger partial charge in [-0.15, -0.1) is 0 Å². The lowest BCUT2D eigenvalue weighted by atomic mass is 10.1. The SMILES string of the molecule is NC1=N[C@@H](c2c[nH]c3ccccc23)n2c(nc3ccccc32)N1. The van der Waals surface area contributed by atoms with Gasteiger partial charge in [0.2, 0.25) is 5.95 Å². The minimum Gasteiger partial charge on any atom is -0.370 e. The third-order valence-corrected chi connectivity index (χ3v) is 4.24. The van der Waals surface area contributed by atoms with E-state index in [-0.39, 0.29) is 6.17 Å². The zero-order chi connectivity index (χ0) is 15.4. The summed E-state index contributed by atoms with van der Waals surface area (Å²) in [5.74, 6) is 1.09. The van der Waals surface area contributed by atoms with Crippen molar-refractivity contribution < 1.29 is 0 Å². The Kier molecular flexibility index (Phi) is 2.33. The topological polar surface area (TPSA) is 84.0 Å². The molecule has 1 atom stereocenters. The fraction of sp³-hybridized carbons (Fsp3) is 0.0588. The summed E-state index contributed by atoms with van der Waals surface area (Å²) in [7, 11) is 0. The molecule has 0 saturated heterocycles. The molecule has 2 aromatic carbocycles. The van der Waals surface area contributed by atoms with Gasteiger partial charge in [0.15, 0.2) is 12.1 Å². The number of aliphatic imine (C=N–C) groups is 1. The summed E-state index contributed by atoms with van der Waals surface area (Å²) in [5.41, 5.74) is 10.1. The maximum atomic E-state index is 5.99. The Bertz CT molecular complexity index is 1070. The highest BCUT2D eigenvalue weighted by molar-refractivity contribution is 5.95. The standard InChI is InChI=1S/C17H14N6/c18-16-21-15(11-9-19-12-6-2-1-5-10(11)12)23-14-8-4-3-7-13(14)20-17(23)22-16/h1-9,15,19H,(H3,18,20,21,22)/t15-/m1/s1. The minimum atomic E-state index is -0.241. The van der Waals surface area contributed by atoms with E-state index in [1.807, 2.05) is 42.6 Å². The van der Waals surface area contributed by atoms with Crippen molar-refractivity contribution in [1.82, 2.24) is 14.5 Å². The van der Waals surface area contributed by atoms with Crippen LogP contribution < -0.4 is 11.1 Å². The van der Waals surface area contributed by atoms with E-state index in [0.29, 0.717) is 11.9 Å². The van der Waals surface area contributed by atoms with Crippen LogP contribution in [0.4, 0.5) is 5.95 Å². The molecule has 0 aliphatic carbocycles. The Morgan fingerprint density at radius 3 is 2.83 bits per heavy atom. The molecule has 0 unspecified atom stereocenters. The molecule has 112 valence electrons. The van der Waals surface area contributed by atoms with Crippen molar-refractivity contribution in [1.29, 1.82) is 0 Å². The van der Waals surface area contributed by atoms with Crippen LogP contribution in [0.1, 0.15) is 11.7 Å². The van der Waals surface area contributed by atoms with Gasteiger partial charge in [0, 0.05) is 22.7 Å². The number of nitrogens with zero attached hydrogens (tertiary/aromatic N) is 3. The van der Waals surface area contributed by atoms with E-state index in [9.17, 15) is 0 Å². The normalized spacial score (nSPS) is 17.0. The van der Waals surface area contributed by atoms with E-state index < -0.39 is 0 Å². The first-order chi connectivity index (χ1) is 11.3. The number of guanidine groups is 1. The van der Waals surface area contributed by atoms with Crippen LogP contribution in [0.5, 0.6) is 0 Å². The van der Waals surface area contributed by atoms with Crippen LogP contribution in [0.25, 0.3) is 21.9 Å². The summed E-state index contributed by atoms with van der Waals surface area (Å²) in [6.45, 7) is 0. The quantitative estimate of drug-likeness (QED) is 0.505. The van der Waals surface area contributed by atoms with Crippen molar-refractivity contribution in [2.75, 3.05) is 5.32 Å². The summed E-state index contributed by atoms with van der Waals surface area (Å²) >= 11 is 0. The number of aromatic amines is 1. The Morgan fingerprint density at radius 2 is 1.87 bits per heavy atom. The van der Waals surface area contributed by atoms with E-state index in [0.717, 1.165) is 27.5 Å². The molecule has 4 N–H and O–H groups in total. The van der Waals surface area contributed by atoms with Crippen molar-refractivity contribution in [3.63, 3.8) is 0 Å². The molecule has 5 rings (SSSR count). The number of imidazole rings is 1. The predicted octanol–water partition coefficient (Wildman–Crippen LogP) is 2.80. The van der Waals surface area contributed by atoms with Crippen LogP contribution in [0.2, 0.25) is 0 Å². The molecule has 0 radical (unpaired) electrons. The van der Waals surface area contributed by atoms with Gasteiger partial charge >= 0.3 is 0 Å². The summed E-state index contributed by atoms with van der Waals surface area (Å²) in [6, 6.07) is 16.2. The summed E-state index contributed by atoms with van der Waals surface area (Å²) < 4.78 is 2.08. The fourth-order valence-electron chi connectivity index (χ4n) is 3.23. The lowest BCUT2D eigenvalue weighted by molar-refractivity contribution is 0.630. The maximum Gasteiger partial charge on any atom is 0.212 e.